The maximum absolute atomic E-state index is 12.2. The molecular formula is C15H16N2O2. The molecule has 2 aromatic rings. The molecular weight excluding hydrogens is 240 g/mol. The van der Waals surface area contributed by atoms with Crippen molar-refractivity contribution in [2.75, 3.05) is 11.9 Å². The van der Waals surface area contributed by atoms with Crippen LogP contribution in [0.5, 0.6) is 11.6 Å². The molecule has 0 spiro atoms. The van der Waals surface area contributed by atoms with Crippen LogP contribution in [0, 0.1) is 0 Å². The summed E-state index contributed by atoms with van der Waals surface area (Å²) in [6.45, 7) is 4.00. The molecule has 0 radical (unpaired) electrons. The molecule has 0 aliphatic carbocycles. The average molecular weight is 256 g/mol. The number of amides is 1. The number of carbonyl (C=O) groups is 1. The summed E-state index contributed by atoms with van der Waals surface area (Å²) >= 11 is 0. The number of para-hydroxylation sites is 2. The molecule has 0 bridgehead atoms. The second-order valence-electron chi connectivity index (χ2n) is 3.79. The lowest BCUT2D eigenvalue weighted by Gasteiger charge is -2.15. The summed E-state index contributed by atoms with van der Waals surface area (Å²) in [6.07, 6.45) is 1.61. The minimum absolute atomic E-state index is 0.113. The Morgan fingerprint density at radius 3 is 2.63 bits per heavy atom. The van der Waals surface area contributed by atoms with Gasteiger partial charge in [0.1, 0.15) is 5.56 Å². The van der Waals surface area contributed by atoms with Gasteiger partial charge in [-0.25, -0.2) is 4.98 Å². The van der Waals surface area contributed by atoms with E-state index >= 15 is 0 Å². The zero-order valence-electron chi connectivity index (χ0n) is 11.3. The fourth-order valence-electron chi connectivity index (χ4n) is 1.85. The van der Waals surface area contributed by atoms with Gasteiger partial charge in [-0.1, -0.05) is 26.0 Å². The molecule has 0 fully saturated rings. The predicted octanol–water partition coefficient (Wildman–Crippen LogP) is 3.49. The minimum Gasteiger partial charge on any atom is -0.436 e. The standard InChI is InChI=1S/C13H10N2O2.C2H6/c1-15-10-6-2-3-7-11(10)17-12-9(13(15)16)5-4-8-14-12;1-2/h2-8H,1H3;1-2H3. The van der Waals surface area contributed by atoms with Gasteiger partial charge >= 0.3 is 0 Å². The van der Waals surface area contributed by atoms with E-state index in [1.54, 1.807) is 30.3 Å². The third-order valence-electron chi connectivity index (χ3n) is 2.74. The third-order valence-corrected chi connectivity index (χ3v) is 2.74. The van der Waals surface area contributed by atoms with Crippen molar-refractivity contribution in [1.29, 1.82) is 0 Å². The van der Waals surface area contributed by atoms with E-state index in [1.807, 2.05) is 38.1 Å². The fourth-order valence-corrected chi connectivity index (χ4v) is 1.85. The van der Waals surface area contributed by atoms with E-state index in [0.717, 1.165) is 5.69 Å². The topological polar surface area (TPSA) is 42.4 Å². The van der Waals surface area contributed by atoms with Crippen molar-refractivity contribution in [3.05, 3.63) is 48.2 Å². The first-order valence-electron chi connectivity index (χ1n) is 6.27. The van der Waals surface area contributed by atoms with Crippen LogP contribution in [0.3, 0.4) is 0 Å². The van der Waals surface area contributed by atoms with E-state index in [0.29, 0.717) is 17.2 Å². The molecule has 1 aliphatic heterocycles. The average Bonchev–Trinajstić information content (AvgIpc) is 2.58. The number of ether oxygens (including phenoxy) is 1. The van der Waals surface area contributed by atoms with E-state index in [-0.39, 0.29) is 5.91 Å². The lowest BCUT2D eigenvalue weighted by atomic mass is 10.2. The molecule has 0 N–H and O–H groups in total. The summed E-state index contributed by atoms with van der Waals surface area (Å²) in [6, 6.07) is 10.8. The van der Waals surface area contributed by atoms with E-state index in [1.165, 1.54) is 0 Å². The van der Waals surface area contributed by atoms with E-state index in [2.05, 4.69) is 4.98 Å². The van der Waals surface area contributed by atoms with Crippen LogP contribution in [-0.4, -0.2) is 17.9 Å². The van der Waals surface area contributed by atoms with Gasteiger partial charge in [0, 0.05) is 13.2 Å². The van der Waals surface area contributed by atoms with Crippen LogP contribution >= 0.6 is 0 Å². The highest BCUT2D eigenvalue weighted by atomic mass is 16.5. The van der Waals surface area contributed by atoms with Crippen LogP contribution in [0.1, 0.15) is 24.2 Å². The highest BCUT2D eigenvalue weighted by Crippen LogP contribution is 2.36. The van der Waals surface area contributed by atoms with Gasteiger partial charge in [-0.15, -0.1) is 0 Å². The van der Waals surface area contributed by atoms with Gasteiger partial charge in [0.2, 0.25) is 5.88 Å². The lowest BCUT2D eigenvalue weighted by molar-refractivity contribution is 0.0992. The van der Waals surface area contributed by atoms with Crippen molar-refractivity contribution in [2.45, 2.75) is 13.8 Å². The van der Waals surface area contributed by atoms with Crippen molar-refractivity contribution < 1.29 is 9.53 Å². The van der Waals surface area contributed by atoms with Crippen molar-refractivity contribution in [3.63, 3.8) is 0 Å². The highest BCUT2D eigenvalue weighted by Gasteiger charge is 2.25. The number of hydrogen-bond acceptors (Lipinski definition) is 3. The summed E-state index contributed by atoms with van der Waals surface area (Å²) in [5.41, 5.74) is 1.22. The van der Waals surface area contributed by atoms with Gasteiger partial charge in [-0.2, -0.15) is 0 Å². The van der Waals surface area contributed by atoms with Crippen molar-refractivity contribution in [3.8, 4) is 11.6 Å². The normalized spacial score (nSPS) is 12.4. The molecule has 3 rings (SSSR count). The van der Waals surface area contributed by atoms with Gasteiger partial charge < -0.3 is 9.64 Å². The summed E-state index contributed by atoms with van der Waals surface area (Å²) in [5, 5.41) is 0. The number of hydrogen-bond donors (Lipinski definition) is 0. The number of nitrogens with zero attached hydrogens (tertiary/aromatic N) is 2. The maximum atomic E-state index is 12.2. The SMILES string of the molecule is CC.CN1C(=O)c2cccnc2Oc2ccccc21. The van der Waals surface area contributed by atoms with E-state index < -0.39 is 0 Å². The number of pyridine rings is 1. The Balaban J connectivity index is 0.000000637. The van der Waals surface area contributed by atoms with Crippen LogP contribution in [0.4, 0.5) is 5.69 Å². The van der Waals surface area contributed by atoms with E-state index in [9.17, 15) is 4.79 Å². The van der Waals surface area contributed by atoms with Crippen LogP contribution in [0.25, 0.3) is 0 Å². The van der Waals surface area contributed by atoms with Crippen LogP contribution in [0.2, 0.25) is 0 Å². The number of rotatable bonds is 0. The van der Waals surface area contributed by atoms with Gasteiger partial charge in [0.05, 0.1) is 5.69 Å². The fraction of sp³-hybridized carbons (Fsp3) is 0.200. The molecule has 1 amide bonds. The van der Waals surface area contributed by atoms with Gasteiger partial charge in [0.25, 0.3) is 5.91 Å². The summed E-state index contributed by atoms with van der Waals surface area (Å²) in [7, 11) is 1.73. The third kappa shape index (κ3) is 2.29. The molecule has 19 heavy (non-hydrogen) atoms. The lowest BCUT2D eigenvalue weighted by Crippen LogP contribution is -2.25. The number of fused-ring (bicyclic) bond motifs is 2. The smallest absolute Gasteiger partial charge is 0.263 e. The molecule has 0 saturated carbocycles. The Bertz CT molecular complexity index is 596. The molecule has 1 aromatic carbocycles. The first kappa shape index (κ1) is 13.1. The van der Waals surface area contributed by atoms with E-state index in [4.69, 9.17) is 4.74 Å². The Labute approximate surface area is 112 Å². The van der Waals surface area contributed by atoms with Crippen molar-refractivity contribution in [2.24, 2.45) is 0 Å². The number of benzene rings is 1. The Hall–Kier alpha value is -2.36. The second-order valence-corrected chi connectivity index (χ2v) is 3.79. The number of carbonyl (C=O) groups excluding carboxylic acids is 1. The first-order valence-corrected chi connectivity index (χ1v) is 6.27. The predicted molar refractivity (Wildman–Crippen MR) is 74.8 cm³/mol. The Morgan fingerprint density at radius 2 is 1.84 bits per heavy atom. The summed E-state index contributed by atoms with van der Waals surface area (Å²) in [5.74, 6) is 0.883. The minimum atomic E-state index is -0.113. The van der Waals surface area contributed by atoms with Crippen LogP contribution < -0.4 is 9.64 Å². The molecule has 0 atom stereocenters. The molecule has 2 heterocycles. The highest BCUT2D eigenvalue weighted by molar-refractivity contribution is 6.08. The van der Waals surface area contributed by atoms with Crippen molar-refractivity contribution >= 4 is 11.6 Å². The number of aromatic nitrogens is 1. The molecule has 0 saturated heterocycles. The van der Waals surface area contributed by atoms with Crippen LogP contribution in [0.15, 0.2) is 42.6 Å². The first-order chi connectivity index (χ1) is 9.27. The summed E-state index contributed by atoms with van der Waals surface area (Å²) < 4.78 is 5.67. The van der Waals surface area contributed by atoms with Gasteiger partial charge in [0.15, 0.2) is 5.75 Å². The summed E-state index contributed by atoms with van der Waals surface area (Å²) in [4.78, 5) is 17.9. The molecule has 4 nitrogen and oxygen atoms in total. The second kappa shape index (κ2) is 5.52. The molecule has 0 unspecified atom stereocenters. The number of anilines is 1. The Morgan fingerprint density at radius 1 is 1.11 bits per heavy atom. The quantitative estimate of drug-likeness (QED) is 0.724. The zero-order valence-corrected chi connectivity index (χ0v) is 11.3. The zero-order chi connectivity index (χ0) is 13.8. The molecule has 1 aliphatic rings. The molecule has 98 valence electrons. The van der Waals surface area contributed by atoms with Gasteiger partial charge in [-0.3, -0.25) is 4.79 Å². The Kier molecular flexibility index (Phi) is 3.80. The molecule has 1 aromatic heterocycles. The maximum Gasteiger partial charge on any atom is 0.263 e. The molecule has 4 heteroatoms. The van der Waals surface area contributed by atoms with Crippen LogP contribution in [-0.2, 0) is 0 Å². The monoisotopic (exact) mass is 256 g/mol. The largest absolute Gasteiger partial charge is 0.436 e. The van der Waals surface area contributed by atoms with Crippen molar-refractivity contribution in [1.82, 2.24) is 4.98 Å². The van der Waals surface area contributed by atoms with Gasteiger partial charge in [-0.05, 0) is 24.3 Å².